The van der Waals surface area contributed by atoms with Crippen LogP contribution in [-0.4, -0.2) is 51.1 Å². The van der Waals surface area contributed by atoms with E-state index in [2.05, 4.69) is 0 Å². The fourth-order valence-corrected chi connectivity index (χ4v) is 0. The van der Waals surface area contributed by atoms with E-state index in [1.54, 1.807) is 0 Å². The molecule has 0 atom stereocenters. The second kappa shape index (κ2) is 15.7. The third-order valence-corrected chi connectivity index (χ3v) is 0. The van der Waals surface area contributed by atoms with Crippen molar-refractivity contribution < 1.29 is 35.5 Å². The molecule has 0 spiro atoms. The molecule has 4 N–H and O–H groups in total. The minimum absolute atomic E-state index is 0. The van der Waals surface area contributed by atoms with Crippen LogP contribution in [0.15, 0.2) is 0 Å². The van der Waals surface area contributed by atoms with Gasteiger partial charge < -0.3 is 35.5 Å². The van der Waals surface area contributed by atoms with Gasteiger partial charge in [0.05, 0.1) is 0 Å². The number of carboxylic acid groups (broad SMARTS) is 4. The first-order valence-electron chi connectivity index (χ1n) is 1.26. The molecule has 8 heteroatoms. The van der Waals surface area contributed by atoms with Gasteiger partial charge in [-0.15, -0.1) is 0 Å². The van der Waals surface area contributed by atoms with Crippen molar-refractivity contribution in [1.29, 1.82) is 0 Å². The van der Waals surface area contributed by atoms with Gasteiger partial charge >= 0.3 is 23.1 Å². The van der Waals surface area contributed by atoms with Gasteiger partial charge in [-0.25, -0.2) is 0 Å². The van der Waals surface area contributed by atoms with Crippen molar-refractivity contribution in [3.63, 3.8) is 0 Å². The predicted octanol–water partition coefficient (Wildman–Crippen LogP) is -3.43. The Hall–Kier alpha value is -0.734. The van der Waals surface area contributed by atoms with Crippen LogP contribution in [0, 0.1) is 0 Å². The van der Waals surface area contributed by atoms with E-state index in [-0.39, 0.29) is 28.5 Å². The molecule has 0 saturated heterocycles. The Morgan fingerprint density at radius 1 is 1.00 bits per heavy atom. The topological polar surface area (TPSA) is 152 Å². The summed E-state index contributed by atoms with van der Waals surface area (Å²) in [4.78, 5) is 16.9. The van der Waals surface area contributed by atoms with Crippen LogP contribution in [0.25, 0.3) is 0 Å². The molecule has 0 saturated carbocycles. The van der Waals surface area contributed by atoms with E-state index in [0.717, 1.165) is 0 Å². The Morgan fingerprint density at radius 2 is 1.00 bits per heavy atom. The van der Waals surface area contributed by atoms with Crippen LogP contribution in [0.1, 0.15) is 0 Å². The van der Waals surface area contributed by atoms with E-state index in [9.17, 15) is 0 Å². The number of rotatable bonds is 0. The quantitative estimate of drug-likeness (QED) is 0.355. The van der Waals surface area contributed by atoms with Gasteiger partial charge in [0.25, 0.3) is 0 Å². The molecule has 0 radical (unpaired) electrons. The van der Waals surface area contributed by atoms with Crippen molar-refractivity contribution in [2.75, 3.05) is 0 Å². The summed E-state index contributed by atoms with van der Waals surface area (Å²) in [5.74, 6) is 0. The van der Waals surface area contributed by atoms with Gasteiger partial charge in [0.1, 0.15) is 0 Å². The first kappa shape index (κ1) is 22.8. The molecule has 0 aliphatic heterocycles. The van der Waals surface area contributed by atoms with Gasteiger partial charge in [-0.3, -0.25) is 0 Å². The van der Waals surface area contributed by atoms with Crippen LogP contribution in [0.4, 0.5) is 9.59 Å². The largest absolute Gasteiger partial charge is 2.00 e. The Kier molecular flexibility index (Phi) is 35.9. The molecule has 0 rings (SSSR count). The van der Waals surface area contributed by atoms with Gasteiger partial charge in [-0.05, 0) is 0 Å². The monoisotopic (exact) mass is 164 g/mol. The SMILES string of the molecule is O.O=C([O-])O.O=C([O-])O.[Mg+2]. The van der Waals surface area contributed by atoms with E-state index in [0.29, 0.717) is 0 Å². The van der Waals surface area contributed by atoms with E-state index in [1.807, 2.05) is 0 Å². The zero-order chi connectivity index (χ0) is 7.15. The normalized spacial score (nSPS) is 4.80. The molecule has 0 fully saturated rings. The maximum absolute atomic E-state index is 8.44. The Balaban J connectivity index is -0.0000000300. The van der Waals surface area contributed by atoms with Crippen LogP contribution >= 0.6 is 0 Å². The van der Waals surface area contributed by atoms with Crippen LogP contribution in [0.3, 0.4) is 0 Å². The molecule has 0 heterocycles. The molecule has 0 bridgehead atoms. The van der Waals surface area contributed by atoms with Gasteiger partial charge in [0.2, 0.25) is 12.3 Å². The van der Waals surface area contributed by atoms with Crippen molar-refractivity contribution in [3.8, 4) is 0 Å². The van der Waals surface area contributed by atoms with Gasteiger partial charge in [-0.2, -0.15) is 0 Å². The first-order chi connectivity index (χ1) is 3.46. The Labute approximate surface area is 71.4 Å². The molecular weight excluding hydrogens is 160 g/mol. The fraction of sp³-hybridized carbons (Fsp3) is 0. The Morgan fingerprint density at radius 3 is 1.00 bits per heavy atom. The molecule has 56 valence electrons. The van der Waals surface area contributed by atoms with E-state index in [4.69, 9.17) is 30.0 Å². The van der Waals surface area contributed by atoms with Gasteiger partial charge in [0, 0.05) is 0 Å². The molecule has 0 aliphatic carbocycles. The molecule has 7 nitrogen and oxygen atoms in total. The minimum atomic E-state index is -2.08. The molecule has 0 aromatic heterocycles. The number of hydrogen-bond acceptors (Lipinski definition) is 4. The summed E-state index contributed by atoms with van der Waals surface area (Å²) < 4.78 is 0. The third-order valence-electron chi connectivity index (χ3n) is 0. The van der Waals surface area contributed by atoms with E-state index < -0.39 is 12.3 Å². The summed E-state index contributed by atoms with van der Waals surface area (Å²) >= 11 is 0. The van der Waals surface area contributed by atoms with Crippen molar-refractivity contribution in [2.45, 2.75) is 0 Å². The number of carbonyl (C=O) groups is 2. The van der Waals surface area contributed by atoms with Crippen molar-refractivity contribution in [1.82, 2.24) is 0 Å². The second-order valence-electron chi connectivity index (χ2n) is 0.532. The van der Waals surface area contributed by atoms with Crippen LogP contribution in [-0.2, 0) is 0 Å². The molecule has 10 heavy (non-hydrogen) atoms. The van der Waals surface area contributed by atoms with Crippen LogP contribution in [0.2, 0.25) is 0 Å². The zero-order valence-corrected chi connectivity index (χ0v) is 6.15. The standard InChI is InChI=1S/2CH2O3.Mg.H2O/c2*2-1(3)4;;/h2*(H2,2,3,4);;1H2/q;;+2;/p-2. The zero-order valence-electron chi connectivity index (χ0n) is 4.73. The summed E-state index contributed by atoms with van der Waals surface area (Å²) in [5, 5.41) is 30.6. The fourth-order valence-electron chi connectivity index (χ4n) is 0. The first-order valence-corrected chi connectivity index (χ1v) is 1.26. The molecular formula is C2H4MgO7. The molecule has 0 aromatic rings. The van der Waals surface area contributed by atoms with Crippen molar-refractivity contribution in [2.24, 2.45) is 0 Å². The van der Waals surface area contributed by atoms with Gasteiger partial charge in [0.15, 0.2) is 0 Å². The predicted molar refractivity (Wildman–Crippen MR) is 25.4 cm³/mol. The molecule has 0 unspecified atom stereocenters. The summed E-state index contributed by atoms with van der Waals surface area (Å²) in [5.41, 5.74) is 0. The van der Waals surface area contributed by atoms with Crippen molar-refractivity contribution in [3.05, 3.63) is 0 Å². The van der Waals surface area contributed by atoms with Crippen LogP contribution in [0.5, 0.6) is 0 Å². The van der Waals surface area contributed by atoms with Crippen molar-refractivity contribution >= 4 is 35.4 Å². The summed E-state index contributed by atoms with van der Waals surface area (Å²) in [7, 11) is 0. The maximum Gasteiger partial charge on any atom is 2.00 e. The van der Waals surface area contributed by atoms with E-state index in [1.165, 1.54) is 0 Å². The Bertz CT molecular complexity index is 69.6. The summed E-state index contributed by atoms with van der Waals surface area (Å²) in [6, 6.07) is 0. The second-order valence-corrected chi connectivity index (χ2v) is 0.532. The van der Waals surface area contributed by atoms with E-state index >= 15 is 0 Å². The molecule has 0 amide bonds. The maximum atomic E-state index is 8.44. The minimum Gasteiger partial charge on any atom is -0.565 e. The third kappa shape index (κ3) is 530. The molecule has 0 aromatic carbocycles. The van der Waals surface area contributed by atoms with Gasteiger partial charge in [-0.1, -0.05) is 0 Å². The summed E-state index contributed by atoms with van der Waals surface area (Å²) in [6.07, 6.45) is -4.17. The smallest absolute Gasteiger partial charge is 0.565 e. The average molecular weight is 164 g/mol. The summed E-state index contributed by atoms with van der Waals surface area (Å²) in [6.45, 7) is 0. The molecule has 0 aliphatic rings. The van der Waals surface area contributed by atoms with Crippen LogP contribution < -0.4 is 10.2 Å². The average Bonchev–Trinajstić information content (AvgIpc) is 1.25. The number of hydrogen-bond donors (Lipinski definition) is 2.